The molecule has 3 heterocycles. The summed E-state index contributed by atoms with van der Waals surface area (Å²) in [6.07, 6.45) is 0. The van der Waals surface area contributed by atoms with Gasteiger partial charge in [0.2, 0.25) is 5.84 Å². The van der Waals surface area contributed by atoms with Crippen molar-refractivity contribution in [2.75, 3.05) is 10.0 Å². The van der Waals surface area contributed by atoms with Crippen molar-refractivity contribution in [2.45, 2.75) is 27.7 Å². The van der Waals surface area contributed by atoms with Gasteiger partial charge in [0.05, 0.1) is 21.5 Å². The first-order valence-corrected chi connectivity index (χ1v) is 10.3. The maximum atomic E-state index is 13.2. The molecule has 0 radical (unpaired) electrons. The number of carbonyl (C=O) groups is 1. The highest BCUT2D eigenvalue weighted by molar-refractivity contribution is 7.12. The summed E-state index contributed by atoms with van der Waals surface area (Å²) in [6, 6.07) is 13.6. The van der Waals surface area contributed by atoms with E-state index in [4.69, 9.17) is 4.94 Å². The van der Waals surface area contributed by atoms with Gasteiger partial charge in [0, 0.05) is 5.56 Å². The standard InChI is InChI=1S/C22H20N4O2S/c1-13-12-14(2)16(4)20(15(13)3)21-23-28-26-24(21)17-8-5-6-9-18(17)25(26)22(27)19-10-7-11-29-19/h5-12H,1-4H3. The second-order valence-corrected chi connectivity index (χ2v) is 8.23. The number of rotatable bonds is 2. The highest BCUT2D eigenvalue weighted by Crippen LogP contribution is 2.44. The number of hydrogen-bond acceptors (Lipinski definition) is 6. The van der Waals surface area contributed by atoms with E-state index in [1.165, 1.54) is 32.8 Å². The minimum atomic E-state index is -0.153. The van der Waals surface area contributed by atoms with Gasteiger partial charge in [-0.25, -0.2) is 0 Å². The quantitative estimate of drug-likeness (QED) is 0.610. The second kappa shape index (κ2) is 6.43. The molecular weight excluding hydrogens is 384 g/mol. The molecule has 7 heteroatoms. The fraction of sp³-hybridized carbons (Fsp3) is 0.182. The molecule has 0 spiro atoms. The zero-order valence-corrected chi connectivity index (χ0v) is 17.4. The Morgan fingerprint density at radius 1 is 0.966 bits per heavy atom. The van der Waals surface area contributed by atoms with Crippen LogP contribution in [0.2, 0.25) is 0 Å². The lowest BCUT2D eigenvalue weighted by atomic mass is 9.93. The van der Waals surface area contributed by atoms with Gasteiger partial charge in [0.1, 0.15) is 0 Å². The molecule has 0 atom stereocenters. The third kappa shape index (κ3) is 2.51. The van der Waals surface area contributed by atoms with E-state index in [9.17, 15) is 4.79 Å². The van der Waals surface area contributed by atoms with E-state index in [-0.39, 0.29) is 5.91 Å². The predicted octanol–water partition coefficient (Wildman–Crippen LogP) is 4.89. The molecule has 1 amide bonds. The molecule has 2 aliphatic rings. The Morgan fingerprint density at radius 3 is 2.31 bits per heavy atom. The van der Waals surface area contributed by atoms with E-state index < -0.39 is 0 Å². The lowest BCUT2D eigenvalue weighted by Crippen LogP contribution is -2.49. The van der Waals surface area contributed by atoms with E-state index in [1.807, 2.05) is 46.8 Å². The number of anilines is 2. The van der Waals surface area contributed by atoms with Crippen LogP contribution >= 0.6 is 11.3 Å². The fourth-order valence-electron chi connectivity index (χ4n) is 3.87. The summed E-state index contributed by atoms with van der Waals surface area (Å²) in [5.41, 5.74) is 7.34. The number of nitrogens with zero attached hydrogens (tertiary/aromatic N) is 4. The molecule has 3 aromatic rings. The molecular formula is C22H20N4O2S. The van der Waals surface area contributed by atoms with Crippen molar-refractivity contribution >= 4 is 34.5 Å². The van der Waals surface area contributed by atoms with Crippen LogP contribution in [0, 0.1) is 27.7 Å². The van der Waals surface area contributed by atoms with Gasteiger partial charge in [-0.3, -0.25) is 9.73 Å². The maximum absolute atomic E-state index is 13.2. The summed E-state index contributed by atoms with van der Waals surface area (Å²) < 4.78 is 0. The minimum absolute atomic E-state index is 0.153. The number of amidine groups is 1. The van der Waals surface area contributed by atoms with Crippen LogP contribution in [0.3, 0.4) is 0 Å². The number of hydrazine groups is 2. The van der Waals surface area contributed by atoms with Crippen molar-refractivity contribution in [2.24, 2.45) is 5.16 Å². The molecule has 5 rings (SSSR count). The van der Waals surface area contributed by atoms with Crippen molar-refractivity contribution in [3.05, 3.63) is 80.5 Å². The van der Waals surface area contributed by atoms with Crippen LogP contribution in [0.1, 0.15) is 37.5 Å². The molecule has 1 aromatic heterocycles. The number of benzene rings is 2. The molecule has 0 N–H and O–H groups in total. The van der Waals surface area contributed by atoms with E-state index in [0.29, 0.717) is 10.7 Å². The average molecular weight is 404 g/mol. The topological polar surface area (TPSA) is 48.4 Å². The Bertz CT molecular complexity index is 1140. The molecule has 0 saturated carbocycles. The molecule has 2 aliphatic heterocycles. The molecule has 0 bridgehead atoms. The van der Waals surface area contributed by atoms with Crippen LogP contribution in [-0.4, -0.2) is 17.0 Å². The Morgan fingerprint density at radius 2 is 1.66 bits per heavy atom. The smallest absolute Gasteiger partial charge is 0.266 e. The first-order chi connectivity index (χ1) is 14.0. The third-order valence-electron chi connectivity index (χ3n) is 5.60. The largest absolute Gasteiger partial charge is 0.287 e. The number of amides is 1. The van der Waals surface area contributed by atoms with Crippen molar-refractivity contribution in [1.82, 2.24) is 5.28 Å². The number of hydrogen-bond donors (Lipinski definition) is 0. The van der Waals surface area contributed by atoms with Crippen LogP contribution < -0.4 is 10.0 Å². The number of fused-ring (bicyclic) bond motifs is 3. The summed E-state index contributed by atoms with van der Waals surface area (Å²) in [6.45, 7) is 8.39. The van der Waals surface area contributed by atoms with E-state index in [0.717, 1.165) is 28.1 Å². The number of carbonyl (C=O) groups excluding carboxylic acids is 1. The zero-order valence-electron chi connectivity index (χ0n) is 16.6. The normalized spacial score (nSPS) is 15.2. The third-order valence-corrected chi connectivity index (χ3v) is 6.45. The predicted molar refractivity (Wildman–Crippen MR) is 115 cm³/mol. The van der Waals surface area contributed by atoms with Crippen molar-refractivity contribution < 1.29 is 9.73 Å². The van der Waals surface area contributed by atoms with Crippen molar-refractivity contribution in [3.63, 3.8) is 0 Å². The lowest BCUT2D eigenvalue weighted by Gasteiger charge is -2.25. The van der Waals surface area contributed by atoms with Crippen LogP contribution in [0.4, 0.5) is 11.4 Å². The van der Waals surface area contributed by atoms with E-state index >= 15 is 0 Å². The average Bonchev–Trinajstić information content (AvgIpc) is 3.43. The molecule has 0 fully saturated rings. The summed E-state index contributed by atoms with van der Waals surface area (Å²) in [5, 5.41) is 11.1. The zero-order chi connectivity index (χ0) is 20.3. The summed E-state index contributed by atoms with van der Waals surface area (Å²) in [7, 11) is 0. The fourth-order valence-corrected chi connectivity index (χ4v) is 4.52. The highest BCUT2D eigenvalue weighted by Gasteiger charge is 2.47. The first kappa shape index (κ1) is 17.9. The molecule has 0 aliphatic carbocycles. The van der Waals surface area contributed by atoms with Gasteiger partial charge >= 0.3 is 0 Å². The lowest BCUT2D eigenvalue weighted by molar-refractivity contribution is -0.135. The second-order valence-electron chi connectivity index (χ2n) is 7.28. The summed E-state index contributed by atoms with van der Waals surface area (Å²) in [5.74, 6) is 0.529. The molecule has 0 saturated heterocycles. The number of thiophene rings is 1. The van der Waals surface area contributed by atoms with Gasteiger partial charge < -0.3 is 0 Å². The van der Waals surface area contributed by atoms with Gasteiger partial charge in [-0.2, -0.15) is 10.0 Å². The van der Waals surface area contributed by atoms with Gasteiger partial charge in [-0.05, 0) is 78.7 Å². The molecule has 6 nitrogen and oxygen atoms in total. The van der Waals surface area contributed by atoms with Gasteiger partial charge in [0.15, 0.2) is 0 Å². The van der Waals surface area contributed by atoms with Crippen molar-refractivity contribution in [3.8, 4) is 0 Å². The van der Waals surface area contributed by atoms with Gasteiger partial charge in [-0.15, -0.1) is 11.3 Å². The Kier molecular flexibility index (Phi) is 3.97. The number of para-hydroxylation sites is 2. The van der Waals surface area contributed by atoms with Crippen LogP contribution in [-0.2, 0) is 4.94 Å². The van der Waals surface area contributed by atoms with Crippen LogP contribution in [0.5, 0.6) is 0 Å². The van der Waals surface area contributed by atoms with Gasteiger partial charge in [0.25, 0.3) is 5.91 Å². The Labute approximate surface area is 173 Å². The SMILES string of the molecule is Cc1cc(C)c(C)c(C2=NON3N(C(=O)c4cccs4)c4ccccc4N23)c1C. The first-order valence-electron chi connectivity index (χ1n) is 9.39. The van der Waals surface area contributed by atoms with Crippen molar-refractivity contribution in [1.29, 1.82) is 0 Å². The van der Waals surface area contributed by atoms with E-state index in [1.54, 1.807) is 0 Å². The van der Waals surface area contributed by atoms with E-state index in [2.05, 4.69) is 38.9 Å². The highest BCUT2D eigenvalue weighted by atomic mass is 32.1. The van der Waals surface area contributed by atoms with Gasteiger partial charge in [-0.1, -0.05) is 24.3 Å². The molecule has 2 aromatic carbocycles. The Hall–Kier alpha value is -3.16. The Balaban J connectivity index is 1.65. The minimum Gasteiger partial charge on any atom is -0.266 e. The van der Waals surface area contributed by atoms with Crippen LogP contribution in [0.15, 0.2) is 53.0 Å². The number of oxime groups is 1. The molecule has 29 heavy (non-hydrogen) atoms. The monoisotopic (exact) mass is 404 g/mol. The molecule has 0 unspecified atom stereocenters. The maximum Gasteiger partial charge on any atom is 0.287 e. The summed E-state index contributed by atoms with van der Waals surface area (Å²) in [4.78, 5) is 19.6. The number of aryl methyl sites for hydroxylation is 2. The molecule has 146 valence electrons. The summed E-state index contributed by atoms with van der Waals surface area (Å²) >= 11 is 1.40. The van der Waals surface area contributed by atoms with Crippen LogP contribution in [0.25, 0.3) is 0 Å².